The number of ether oxygens (including phenoxy) is 2. The molecule has 5 heteroatoms. The molecular formula is C16H27NO4. The van der Waals surface area contributed by atoms with Gasteiger partial charge in [0.25, 0.3) is 0 Å². The summed E-state index contributed by atoms with van der Waals surface area (Å²) in [5, 5.41) is 0. The fraction of sp³-hybridized carbons (Fsp3) is 0.750. The molecule has 2 atom stereocenters. The smallest absolute Gasteiger partial charge is 0.410 e. The lowest BCUT2D eigenvalue weighted by Gasteiger charge is -2.31. The van der Waals surface area contributed by atoms with Crippen LogP contribution in [-0.2, 0) is 14.3 Å². The summed E-state index contributed by atoms with van der Waals surface area (Å²) in [5.74, 6) is -0.350. The van der Waals surface area contributed by atoms with E-state index in [1.807, 2.05) is 20.8 Å². The van der Waals surface area contributed by atoms with Crippen LogP contribution in [0.15, 0.2) is 12.7 Å². The standard InChI is InChI=1S/C16H27NO4/c1-6-12(11-14(18)20-7-2)13-9-8-10-17(13)15(19)21-16(3,4)5/h6,12-13H,1,7-11H2,2-5H3. The molecule has 0 saturated carbocycles. The molecule has 1 fully saturated rings. The zero-order valence-electron chi connectivity index (χ0n) is 13.6. The molecule has 1 aliphatic heterocycles. The molecule has 0 aliphatic carbocycles. The van der Waals surface area contributed by atoms with E-state index in [4.69, 9.17) is 9.47 Å². The van der Waals surface area contributed by atoms with Crippen LogP contribution in [0.25, 0.3) is 0 Å². The van der Waals surface area contributed by atoms with E-state index in [9.17, 15) is 9.59 Å². The van der Waals surface area contributed by atoms with Crippen molar-refractivity contribution < 1.29 is 19.1 Å². The van der Waals surface area contributed by atoms with E-state index >= 15 is 0 Å². The van der Waals surface area contributed by atoms with Crippen LogP contribution in [-0.4, -0.2) is 41.8 Å². The number of nitrogens with zero attached hydrogens (tertiary/aromatic N) is 1. The molecule has 5 nitrogen and oxygen atoms in total. The summed E-state index contributed by atoms with van der Waals surface area (Å²) in [6, 6.07) is -0.0400. The predicted molar refractivity (Wildman–Crippen MR) is 80.9 cm³/mol. The van der Waals surface area contributed by atoms with Crippen LogP contribution in [0.2, 0.25) is 0 Å². The molecule has 1 rings (SSSR count). The first-order valence-corrected chi connectivity index (χ1v) is 7.56. The second kappa shape index (κ2) is 7.48. The van der Waals surface area contributed by atoms with Gasteiger partial charge in [0.1, 0.15) is 5.60 Å². The average molecular weight is 297 g/mol. The van der Waals surface area contributed by atoms with Gasteiger partial charge in [0.15, 0.2) is 0 Å². The summed E-state index contributed by atoms with van der Waals surface area (Å²) in [5.41, 5.74) is -0.519. The highest BCUT2D eigenvalue weighted by Crippen LogP contribution is 2.29. The number of hydrogen-bond acceptors (Lipinski definition) is 4. The largest absolute Gasteiger partial charge is 0.466 e. The van der Waals surface area contributed by atoms with E-state index < -0.39 is 5.60 Å². The number of rotatable bonds is 5. The molecule has 1 aliphatic rings. The predicted octanol–water partition coefficient (Wildman–Crippen LogP) is 3.14. The Bertz CT molecular complexity index is 386. The molecule has 21 heavy (non-hydrogen) atoms. The van der Waals surface area contributed by atoms with Gasteiger partial charge < -0.3 is 14.4 Å². The number of amides is 1. The van der Waals surface area contributed by atoms with Gasteiger partial charge >= 0.3 is 12.1 Å². The van der Waals surface area contributed by atoms with Gasteiger partial charge in [-0.15, -0.1) is 6.58 Å². The molecule has 1 heterocycles. The molecular weight excluding hydrogens is 270 g/mol. The minimum absolute atomic E-state index is 0.0400. The first-order valence-electron chi connectivity index (χ1n) is 7.56. The Hall–Kier alpha value is -1.52. The van der Waals surface area contributed by atoms with Crippen LogP contribution >= 0.6 is 0 Å². The van der Waals surface area contributed by atoms with Crippen molar-refractivity contribution >= 4 is 12.1 Å². The Balaban J connectivity index is 2.71. The maximum atomic E-state index is 12.3. The first-order chi connectivity index (χ1) is 9.78. The quantitative estimate of drug-likeness (QED) is 0.578. The average Bonchev–Trinajstić information content (AvgIpc) is 2.83. The normalized spacial score (nSPS) is 20.0. The van der Waals surface area contributed by atoms with Gasteiger partial charge in [0, 0.05) is 18.5 Å². The van der Waals surface area contributed by atoms with Gasteiger partial charge in [0.05, 0.1) is 13.0 Å². The molecule has 0 aromatic heterocycles. The third-order valence-corrected chi connectivity index (χ3v) is 3.43. The van der Waals surface area contributed by atoms with Gasteiger partial charge in [-0.25, -0.2) is 4.79 Å². The maximum absolute atomic E-state index is 12.3. The third kappa shape index (κ3) is 5.40. The van der Waals surface area contributed by atoms with Gasteiger partial charge in [0.2, 0.25) is 0 Å². The van der Waals surface area contributed by atoms with E-state index in [0.717, 1.165) is 12.8 Å². The van der Waals surface area contributed by atoms with Crippen LogP contribution < -0.4 is 0 Å². The molecule has 0 radical (unpaired) electrons. The maximum Gasteiger partial charge on any atom is 0.410 e. The molecule has 0 N–H and O–H groups in total. The van der Waals surface area contributed by atoms with Crippen LogP contribution in [0, 0.1) is 5.92 Å². The van der Waals surface area contributed by atoms with Crippen molar-refractivity contribution in [2.24, 2.45) is 5.92 Å². The second-order valence-corrected chi connectivity index (χ2v) is 6.29. The first kappa shape index (κ1) is 17.5. The van der Waals surface area contributed by atoms with E-state index in [2.05, 4.69) is 6.58 Å². The zero-order chi connectivity index (χ0) is 16.0. The van der Waals surface area contributed by atoms with Crippen molar-refractivity contribution in [1.29, 1.82) is 0 Å². The van der Waals surface area contributed by atoms with Crippen molar-refractivity contribution in [2.75, 3.05) is 13.2 Å². The van der Waals surface area contributed by atoms with Crippen LogP contribution in [0.5, 0.6) is 0 Å². The molecule has 0 aromatic carbocycles. The van der Waals surface area contributed by atoms with Crippen molar-refractivity contribution in [3.63, 3.8) is 0 Å². The number of likely N-dealkylation sites (tertiary alicyclic amines) is 1. The highest BCUT2D eigenvalue weighted by Gasteiger charge is 2.36. The number of carbonyl (C=O) groups excluding carboxylic acids is 2. The molecule has 1 amide bonds. The zero-order valence-corrected chi connectivity index (χ0v) is 13.6. The van der Waals surface area contributed by atoms with E-state index in [-0.39, 0.29) is 30.4 Å². The lowest BCUT2D eigenvalue weighted by Crippen LogP contribution is -2.43. The molecule has 0 aromatic rings. The summed E-state index contributed by atoms with van der Waals surface area (Å²) in [4.78, 5) is 25.6. The fourth-order valence-electron chi connectivity index (χ4n) is 2.57. The highest BCUT2D eigenvalue weighted by molar-refractivity contribution is 5.71. The number of hydrogen-bond donors (Lipinski definition) is 0. The lowest BCUT2D eigenvalue weighted by atomic mass is 9.94. The summed E-state index contributed by atoms with van der Waals surface area (Å²) in [7, 11) is 0. The molecule has 2 unspecified atom stereocenters. The monoisotopic (exact) mass is 297 g/mol. The van der Waals surface area contributed by atoms with E-state index in [1.165, 1.54) is 0 Å². The summed E-state index contributed by atoms with van der Waals surface area (Å²) in [6.45, 7) is 12.1. The number of esters is 1. The minimum Gasteiger partial charge on any atom is -0.466 e. The molecule has 120 valence electrons. The Kier molecular flexibility index (Phi) is 6.24. The van der Waals surface area contributed by atoms with Gasteiger partial charge in [-0.3, -0.25) is 4.79 Å². The molecule has 0 spiro atoms. The summed E-state index contributed by atoms with van der Waals surface area (Å²) in [6.07, 6.45) is 3.44. The molecule has 0 bridgehead atoms. The Morgan fingerprint density at radius 1 is 1.43 bits per heavy atom. The fourth-order valence-corrected chi connectivity index (χ4v) is 2.57. The third-order valence-electron chi connectivity index (χ3n) is 3.43. The minimum atomic E-state index is -0.519. The lowest BCUT2D eigenvalue weighted by molar-refractivity contribution is -0.144. The van der Waals surface area contributed by atoms with Crippen LogP contribution in [0.4, 0.5) is 4.79 Å². The van der Waals surface area contributed by atoms with Crippen LogP contribution in [0.3, 0.4) is 0 Å². The Morgan fingerprint density at radius 2 is 2.10 bits per heavy atom. The van der Waals surface area contributed by atoms with E-state index in [0.29, 0.717) is 13.2 Å². The molecule has 1 saturated heterocycles. The topological polar surface area (TPSA) is 55.8 Å². The SMILES string of the molecule is C=CC(CC(=O)OCC)C1CCCN1C(=O)OC(C)(C)C. The van der Waals surface area contributed by atoms with Gasteiger partial charge in [-0.05, 0) is 40.5 Å². The Labute approximate surface area is 127 Å². The van der Waals surface area contributed by atoms with Crippen molar-refractivity contribution in [1.82, 2.24) is 4.90 Å². The van der Waals surface area contributed by atoms with Gasteiger partial charge in [-0.1, -0.05) is 6.08 Å². The summed E-state index contributed by atoms with van der Waals surface area (Å²) < 4.78 is 10.4. The van der Waals surface area contributed by atoms with Crippen molar-refractivity contribution in [3.8, 4) is 0 Å². The summed E-state index contributed by atoms with van der Waals surface area (Å²) >= 11 is 0. The van der Waals surface area contributed by atoms with Crippen LogP contribution in [0.1, 0.15) is 47.0 Å². The highest BCUT2D eigenvalue weighted by atomic mass is 16.6. The second-order valence-electron chi connectivity index (χ2n) is 6.29. The van der Waals surface area contributed by atoms with Crippen molar-refractivity contribution in [2.45, 2.75) is 58.6 Å². The van der Waals surface area contributed by atoms with Crippen molar-refractivity contribution in [3.05, 3.63) is 12.7 Å². The number of carbonyl (C=O) groups is 2. The van der Waals surface area contributed by atoms with Gasteiger partial charge in [-0.2, -0.15) is 0 Å². The van der Waals surface area contributed by atoms with E-state index in [1.54, 1.807) is 17.9 Å². The Morgan fingerprint density at radius 3 is 2.62 bits per heavy atom.